The van der Waals surface area contributed by atoms with E-state index in [0.717, 1.165) is 13.0 Å². The van der Waals surface area contributed by atoms with Gasteiger partial charge >= 0.3 is 6.09 Å². The van der Waals surface area contributed by atoms with E-state index in [9.17, 15) is 4.79 Å². The molecule has 1 amide bonds. The Morgan fingerprint density at radius 3 is 2.77 bits per heavy atom. The summed E-state index contributed by atoms with van der Waals surface area (Å²) in [6, 6.07) is 0. The molecule has 1 saturated carbocycles. The Morgan fingerprint density at radius 1 is 1.46 bits per heavy atom. The third-order valence-electron chi connectivity index (χ3n) is 3.44. The van der Waals surface area contributed by atoms with Crippen molar-refractivity contribution in [2.75, 3.05) is 6.54 Å². The van der Waals surface area contributed by atoms with E-state index in [0.29, 0.717) is 5.92 Å². The molecule has 2 aliphatic rings. The average Bonchev–Trinajstić information content (AvgIpc) is 2.55. The van der Waals surface area contributed by atoms with Crippen LogP contribution < -0.4 is 5.32 Å². The molecule has 1 aliphatic carbocycles. The quantitative estimate of drug-likeness (QED) is 0.675. The maximum absolute atomic E-state index is 11.1. The highest BCUT2D eigenvalue weighted by atomic mass is 16.6. The second kappa shape index (κ2) is 3.20. The van der Waals surface area contributed by atoms with Crippen LogP contribution in [-0.4, -0.2) is 18.2 Å². The summed E-state index contributed by atoms with van der Waals surface area (Å²) in [5.74, 6) is 0.596. The van der Waals surface area contributed by atoms with Crippen LogP contribution >= 0.6 is 0 Å². The zero-order valence-corrected chi connectivity index (χ0v) is 8.14. The first-order chi connectivity index (χ1) is 6.21. The number of carbonyl (C=O) groups is 1. The highest BCUT2D eigenvalue weighted by Crippen LogP contribution is 2.39. The number of hydrogen-bond acceptors (Lipinski definition) is 2. The average molecular weight is 183 g/mol. The van der Waals surface area contributed by atoms with Crippen molar-refractivity contribution in [1.82, 2.24) is 5.32 Å². The van der Waals surface area contributed by atoms with Crippen LogP contribution in [-0.2, 0) is 4.74 Å². The maximum Gasteiger partial charge on any atom is 0.407 e. The van der Waals surface area contributed by atoms with Gasteiger partial charge in [-0.05, 0) is 25.7 Å². The number of rotatable bonds is 1. The number of amides is 1. The van der Waals surface area contributed by atoms with Crippen LogP contribution in [0.4, 0.5) is 4.79 Å². The molecular weight excluding hydrogens is 166 g/mol. The lowest BCUT2D eigenvalue weighted by molar-refractivity contribution is -0.0402. The zero-order valence-electron chi connectivity index (χ0n) is 8.14. The molecule has 0 aromatic carbocycles. The molecule has 1 saturated heterocycles. The van der Waals surface area contributed by atoms with Gasteiger partial charge in [0, 0.05) is 13.0 Å². The molecule has 3 heteroatoms. The Balaban J connectivity index is 2.04. The molecule has 0 spiro atoms. The molecule has 2 rings (SSSR count). The molecule has 74 valence electrons. The van der Waals surface area contributed by atoms with E-state index in [1.54, 1.807) is 0 Å². The molecule has 13 heavy (non-hydrogen) atoms. The van der Waals surface area contributed by atoms with Gasteiger partial charge in [-0.3, -0.25) is 0 Å². The molecule has 1 aliphatic heterocycles. The monoisotopic (exact) mass is 183 g/mol. The van der Waals surface area contributed by atoms with Gasteiger partial charge < -0.3 is 10.1 Å². The first-order valence-corrected chi connectivity index (χ1v) is 5.17. The molecule has 0 aromatic rings. The Hall–Kier alpha value is -0.730. The van der Waals surface area contributed by atoms with Crippen LogP contribution in [0.3, 0.4) is 0 Å². The van der Waals surface area contributed by atoms with Crippen molar-refractivity contribution in [3.05, 3.63) is 0 Å². The van der Waals surface area contributed by atoms with Crippen LogP contribution in [0.2, 0.25) is 0 Å². The summed E-state index contributed by atoms with van der Waals surface area (Å²) in [5, 5.41) is 2.70. The Morgan fingerprint density at radius 2 is 2.15 bits per heavy atom. The number of cyclic esters (lactones) is 1. The van der Waals surface area contributed by atoms with Crippen molar-refractivity contribution in [2.45, 2.75) is 44.6 Å². The highest BCUT2D eigenvalue weighted by Gasteiger charge is 2.41. The van der Waals surface area contributed by atoms with Gasteiger partial charge in [0.1, 0.15) is 5.60 Å². The molecule has 0 aromatic heterocycles. The van der Waals surface area contributed by atoms with E-state index < -0.39 is 0 Å². The van der Waals surface area contributed by atoms with Crippen molar-refractivity contribution in [2.24, 2.45) is 5.92 Å². The highest BCUT2D eigenvalue weighted by molar-refractivity contribution is 5.68. The van der Waals surface area contributed by atoms with Crippen molar-refractivity contribution in [3.8, 4) is 0 Å². The summed E-state index contributed by atoms with van der Waals surface area (Å²) in [5.41, 5.74) is -0.182. The van der Waals surface area contributed by atoms with Crippen LogP contribution in [0.15, 0.2) is 0 Å². The van der Waals surface area contributed by atoms with Gasteiger partial charge in [-0.2, -0.15) is 0 Å². The van der Waals surface area contributed by atoms with Gasteiger partial charge in [0.15, 0.2) is 0 Å². The number of alkyl carbamates (subject to hydrolysis) is 1. The minimum atomic E-state index is -0.236. The molecule has 1 heterocycles. The van der Waals surface area contributed by atoms with Gasteiger partial charge in [0.2, 0.25) is 0 Å². The molecule has 0 radical (unpaired) electrons. The third kappa shape index (κ3) is 1.64. The summed E-state index contributed by atoms with van der Waals surface area (Å²) in [4.78, 5) is 11.1. The fourth-order valence-corrected chi connectivity index (χ4v) is 2.54. The van der Waals surface area contributed by atoms with Crippen molar-refractivity contribution < 1.29 is 9.53 Å². The second-order valence-corrected chi connectivity index (χ2v) is 4.36. The van der Waals surface area contributed by atoms with E-state index in [1.807, 2.05) is 0 Å². The van der Waals surface area contributed by atoms with Crippen molar-refractivity contribution in [1.29, 1.82) is 0 Å². The maximum atomic E-state index is 11.1. The molecule has 1 N–H and O–H groups in total. The number of carbonyl (C=O) groups excluding carboxylic acids is 1. The standard InChI is InChI=1S/C10H17NO2/c1-10(8-4-2-3-5-8)6-7-11-9(12)13-10/h8H,2-7H2,1H3,(H,11,12). The topological polar surface area (TPSA) is 38.3 Å². The summed E-state index contributed by atoms with van der Waals surface area (Å²) in [6.07, 6.45) is 5.77. The lowest BCUT2D eigenvalue weighted by atomic mass is 9.84. The number of hydrogen-bond donors (Lipinski definition) is 1. The van der Waals surface area contributed by atoms with Gasteiger partial charge in [-0.25, -0.2) is 4.79 Å². The first kappa shape index (κ1) is 8.85. The first-order valence-electron chi connectivity index (χ1n) is 5.17. The predicted molar refractivity (Wildman–Crippen MR) is 49.5 cm³/mol. The fraction of sp³-hybridized carbons (Fsp3) is 0.900. The minimum absolute atomic E-state index is 0.182. The number of ether oxygens (including phenoxy) is 1. The lowest BCUT2D eigenvalue weighted by Crippen LogP contribution is -2.49. The molecular formula is C10H17NO2. The Kier molecular flexibility index (Phi) is 2.18. The van der Waals surface area contributed by atoms with E-state index in [-0.39, 0.29) is 11.7 Å². The Labute approximate surface area is 78.8 Å². The van der Waals surface area contributed by atoms with Crippen molar-refractivity contribution in [3.63, 3.8) is 0 Å². The smallest absolute Gasteiger partial charge is 0.407 e. The van der Waals surface area contributed by atoms with Crippen LogP contribution in [0.1, 0.15) is 39.0 Å². The Bertz CT molecular complexity index is 211. The van der Waals surface area contributed by atoms with Crippen LogP contribution in [0, 0.1) is 5.92 Å². The predicted octanol–water partition coefficient (Wildman–Crippen LogP) is 2.07. The summed E-state index contributed by atoms with van der Waals surface area (Å²) in [6.45, 7) is 2.85. The third-order valence-corrected chi connectivity index (χ3v) is 3.44. The molecule has 2 fully saturated rings. The summed E-state index contributed by atoms with van der Waals surface area (Å²) >= 11 is 0. The largest absolute Gasteiger partial charge is 0.443 e. The zero-order chi connectivity index (χ0) is 9.31. The fourth-order valence-electron chi connectivity index (χ4n) is 2.54. The van der Waals surface area contributed by atoms with Gasteiger partial charge in [0.05, 0.1) is 0 Å². The molecule has 1 atom stereocenters. The van der Waals surface area contributed by atoms with Crippen LogP contribution in [0.5, 0.6) is 0 Å². The SMILES string of the molecule is CC1(C2CCCC2)CCNC(=O)O1. The number of nitrogens with one attached hydrogen (secondary N) is 1. The van der Waals surface area contributed by atoms with E-state index in [2.05, 4.69) is 12.2 Å². The van der Waals surface area contributed by atoms with E-state index in [1.165, 1.54) is 25.7 Å². The van der Waals surface area contributed by atoms with Gasteiger partial charge in [0.25, 0.3) is 0 Å². The van der Waals surface area contributed by atoms with E-state index >= 15 is 0 Å². The lowest BCUT2D eigenvalue weighted by Gasteiger charge is -2.38. The van der Waals surface area contributed by atoms with Crippen molar-refractivity contribution >= 4 is 6.09 Å². The summed E-state index contributed by atoms with van der Waals surface area (Å²) in [7, 11) is 0. The van der Waals surface area contributed by atoms with Gasteiger partial charge in [-0.1, -0.05) is 12.8 Å². The minimum Gasteiger partial charge on any atom is -0.443 e. The van der Waals surface area contributed by atoms with Gasteiger partial charge in [-0.15, -0.1) is 0 Å². The second-order valence-electron chi connectivity index (χ2n) is 4.36. The molecule has 3 nitrogen and oxygen atoms in total. The summed E-state index contributed by atoms with van der Waals surface area (Å²) < 4.78 is 5.41. The molecule has 0 bridgehead atoms. The molecule has 1 unspecified atom stereocenters. The normalized spacial score (nSPS) is 35.6. The van der Waals surface area contributed by atoms with E-state index in [4.69, 9.17) is 4.74 Å². The van der Waals surface area contributed by atoms with Crippen LogP contribution in [0.25, 0.3) is 0 Å².